The maximum atomic E-state index is 4.36. The number of nitrogens with zero attached hydrogens (tertiary/aromatic N) is 1. The highest BCUT2D eigenvalue weighted by molar-refractivity contribution is 7.13. The summed E-state index contributed by atoms with van der Waals surface area (Å²) in [5.74, 6) is 0. The highest BCUT2D eigenvalue weighted by atomic mass is 32.1. The van der Waals surface area contributed by atoms with Gasteiger partial charge in [0.25, 0.3) is 0 Å². The van der Waals surface area contributed by atoms with E-state index in [0.717, 1.165) is 23.4 Å². The lowest BCUT2D eigenvalue weighted by molar-refractivity contribution is 0.574. The summed E-state index contributed by atoms with van der Waals surface area (Å²) in [5.41, 5.74) is 1.11. The van der Waals surface area contributed by atoms with Gasteiger partial charge in [0, 0.05) is 18.0 Å². The van der Waals surface area contributed by atoms with Crippen molar-refractivity contribution in [2.75, 3.05) is 18.4 Å². The van der Waals surface area contributed by atoms with E-state index in [-0.39, 0.29) is 0 Å². The zero-order valence-corrected chi connectivity index (χ0v) is 9.36. The molecule has 0 radical (unpaired) electrons. The van der Waals surface area contributed by atoms with Crippen LogP contribution in [0.4, 0.5) is 5.13 Å². The van der Waals surface area contributed by atoms with E-state index < -0.39 is 0 Å². The molecular weight excluding hydrogens is 194 g/mol. The monoisotopic (exact) mass is 211 g/mol. The van der Waals surface area contributed by atoms with Crippen molar-refractivity contribution in [2.24, 2.45) is 0 Å². The summed E-state index contributed by atoms with van der Waals surface area (Å²) < 4.78 is 0. The van der Waals surface area contributed by atoms with Crippen molar-refractivity contribution < 1.29 is 0 Å². The van der Waals surface area contributed by atoms with Crippen molar-refractivity contribution in [1.29, 1.82) is 0 Å². The predicted octanol–water partition coefficient (Wildman–Crippen LogP) is 2.01. The van der Waals surface area contributed by atoms with Crippen molar-refractivity contribution in [3.8, 4) is 0 Å². The summed E-state index contributed by atoms with van der Waals surface area (Å²) in [6.45, 7) is 4.26. The van der Waals surface area contributed by atoms with Gasteiger partial charge < -0.3 is 10.6 Å². The van der Waals surface area contributed by atoms with Crippen LogP contribution in [0.2, 0.25) is 0 Å². The van der Waals surface area contributed by atoms with Crippen LogP contribution in [0.3, 0.4) is 0 Å². The highest BCUT2D eigenvalue weighted by Gasteiger charge is 2.12. The van der Waals surface area contributed by atoms with Crippen molar-refractivity contribution >= 4 is 16.5 Å². The lowest BCUT2D eigenvalue weighted by Crippen LogP contribution is -2.24. The van der Waals surface area contributed by atoms with Crippen LogP contribution in [-0.2, 0) is 0 Å². The van der Waals surface area contributed by atoms with Crippen LogP contribution < -0.4 is 10.6 Å². The van der Waals surface area contributed by atoms with E-state index in [9.17, 15) is 0 Å². The molecular formula is C10H17N3S. The minimum atomic E-state index is 0.726. The Morgan fingerprint density at radius 2 is 2.64 bits per heavy atom. The molecule has 0 aromatic carbocycles. The van der Waals surface area contributed by atoms with Gasteiger partial charge in [-0.2, -0.15) is 0 Å². The first-order chi connectivity index (χ1) is 6.84. The number of anilines is 1. The molecule has 0 saturated carbocycles. The van der Waals surface area contributed by atoms with E-state index in [1.165, 1.54) is 25.8 Å². The molecule has 1 saturated heterocycles. The molecule has 1 aliphatic heterocycles. The van der Waals surface area contributed by atoms with Gasteiger partial charge in [0.1, 0.15) is 0 Å². The lowest BCUT2D eigenvalue weighted by atomic mass is 10.2. The Balaban J connectivity index is 1.67. The summed E-state index contributed by atoms with van der Waals surface area (Å²) in [4.78, 5) is 4.36. The molecule has 1 aromatic rings. The van der Waals surface area contributed by atoms with Crippen LogP contribution in [0.25, 0.3) is 0 Å². The molecule has 1 aromatic heterocycles. The molecule has 0 unspecified atom stereocenters. The molecule has 0 spiro atoms. The van der Waals surface area contributed by atoms with Crippen molar-refractivity contribution in [2.45, 2.75) is 32.2 Å². The van der Waals surface area contributed by atoms with E-state index in [1.807, 2.05) is 6.92 Å². The van der Waals surface area contributed by atoms with Crippen molar-refractivity contribution in [3.05, 3.63) is 11.1 Å². The van der Waals surface area contributed by atoms with Crippen LogP contribution in [-0.4, -0.2) is 24.1 Å². The number of nitrogens with one attached hydrogen (secondary N) is 2. The minimum Gasteiger partial charge on any atom is -0.361 e. The van der Waals surface area contributed by atoms with Crippen LogP contribution in [0, 0.1) is 6.92 Å². The molecule has 78 valence electrons. The Labute approximate surface area is 88.9 Å². The summed E-state index contributed by atoms with van der Waals surface area (Å²) in [6.07, 6.45) is 3.87. The molecule has 14 heavy (non-hydrogen) atoms. The second-order valence-electron chi connectivity index (χ2n) is 3.80. The molecule has 0 bridgehead atoms. The van der Waals surface area contributed by atoms with Gasteiger partial charge in [-0.3, -0.25) is 0 Å². The average molecular weight is 211 g/mol. The lowest BCUT2D eigenvalue weighted by Gasteiger charge is -2.09. The Bertz CT molecular complexity index is 279. The topological polar surface area (TPSA) is 37.0 Å². The van der Waals surface area contributed by atoms with E-state index in [4.69, 9.17) is 0 Å². The third-order valence-corrected chi connectivity index (χ3v) is 3.47. The Kier molecular flexibility index (Phi) is 3.37. The molecule has 2 N–H and O–H groups in total. The zero-order chi connectivity index (χ0) is 9.80. The predicted molar refractivity (Wildman–Crippen MR) is 61.0 cm³/mol. The molecule has 0 aliphatic carbocycles. The van der Waals surface area contributed by atoms with Crippen molar-refractivity contribution in [1.82, 2.24) is 10.3 Å². The maximum Gasteiger partial charge on any atom is 0.182 e. The molecule has 2 heterocycles. The first-order valence-electron chi connectivity index (χ1n) is 5.24. The third kappa shape index (κ3) is 2.69. The minimum absolute atomic E-state index is 0.726. The third-order valence-electron chi connectivity index (χ3n) is 2.55. The quantitative estimate of drug-likeness (QED) is 0.800. The number of aromatic nitrogens is 1. The largest absolute Gasteiger partial charge is 0.361 e. The number of thiazole rings is 1. The van der Waals surface area contributed by atoms with Crippen LogP contribution in [0.1, 0.15) is 25.0 Å². The molecule has 0 amide bonds. The van der Waals surface area contributed by atoms with Gasteiger partial charge in [0.15, 0.2) is 5.13 Å². The smallest absolute Gasteiger partial charge is 0.182 e. The standard InChI is InChI=1S/C10H17N3S/c1-8-7-14-10(13-8)12-6-4-9-3-2-5-11-9/h7,9,11H,2-6H2,1H3,(H,12,13)/t9-/m1/s1. The fourth-order valence-electron chi connectivity index (χ4n) is 1.79. The molecule has 4 heteroatoms. The van der Waals surface area contributed by atoms with Crippen LogP contribution in [0.15, 0.2) is 5.38 Å². The van der Waals surface area contributed by atoms with Gasteiger partial charge in [-0.1, -0.05) is 0 Å². The van der Waals surface area contributed by atoms with E-state index in [2.05, 4.69) is 21.0 Å². The number of rotatable bonds is 4. The highest BCUT2D eigenvalue weighted by Crippen LogP contribution is 2.15. The van der Waals surface area contributed by atoms with Crippen LogP contribution in [0.5, 0.6) is 0 Å². The van der Waals surface area contributed by atoms with E-state index in [1.54, 1.807) is 11.3 Å². The second kappa shape index (κ2) is 4.75. The molecule has 3 nitrogen and oxygen atoms in total. The van der Waals surface area contributed by atoms with Gasteiger partial charge in [-0.25, -0.2) is 4.98 Å². The Morgan fingerprint density at radius 3 is 3.29 bits per heavy atom. The maximum absolute atomic E-state index is 4.36. The molecule has 2 rings (SSSR count). The molecule has 1 aliphatic rings. The van der Waals surface area contributed by atoms with Gasteiger partial charge in [0.2, 0.25) is 0 Å². The summed E-state index contributed by atoms with van der Waals surface area (Å²) in [7, 11) is 0. The van der Waals surface area contributed by atoms with Gasteiger partial charge >= 0.3 is 0 Å². The van der Waals surface area contributed by atoms with Crippen molar-refractivity contribution in [3.63, 3.8) is 0 Å². The normalized spacial score (nSPS) is 21.4. The Hall–Kier alpha value is -0.610. The molecule has 1 fully saturated rings. The first-order valence-corrected chi connectivity index (χ1v) is 6.12. The SMILES string of the molecule is Cc1csc(NCC[C@H]2CCCN2)n1. The fraction of sp³-hybridized carbons (Fsp3) is 0.700. The Morgan fingerprint density at radius 1 is 1.71 bits per heavy atom. The van der Waals surface area contributed by atoms with Gasteiger partial charge in [-0.15, -0.1) is 11.3 Å². The van der Waals surface area contributed by atoms with Crippen LogP contribution >= 0.6 is 11.3 Å². The zero-order valence-electron chi connectivity index (χ0n) is 8.55. The number of aryl methyl sites for hydroxylation is 1. The summed E-state index contributed by atoms with van der Waals surface area (Å²) >= 11 is 1.69. The summed E-state index contributed by atoms with van der Waals surface area (Å²) in [5, 5.41) is 9.99. The van der Waals surface area contributed by atoms with Gasteiger partial charge in [0.05, 0.1) is 5.69 Å². The second-order valence-corrected chi connectivity index (χ2v) is 4.66. The molecule has 1 atom stereocenters. The first kappa shape index (κ1) is 9.93. The fourth-order valence-corrected chi connectivity index (χ4v) is 2.51. The number of hydrogen-bond donors (Lipinski definition) is 2. The summed E-state index contributed by atoms with van der Waals surface area (Å²) in [6, 6.07) is 0.726. The van der Waals surface area contributed by atoms with E-state index >= 15 is 0 Å². The average Bonchev–Trinajstić information content (AvgIpc) is 2.77. The van der Waals surface area contributed by atoms with E-state index in [0.29, 0.717) is 0 Å². The van der Waals surface area contributed by atoms with Gasteiger partial charge in [-0.05, 0) is 32.7 Å². The number of hydrogen-bond acceptors (Lipinski definition) is 4.